The highest BCUT2D eigenvalue weighted by Crippen LogP contribution is 2.19. The fourth-order valence-electron chi connectivity index (χ4n) is 0.978. The van der Waals surface area contributed by atoms with Crippen LogP contribution in [0.5, 0.6) is 0 Å². The van der Waals surface area contributed by atoms with Crippen molar-refractivity contribution in [3.63, 3.8) is 0 Å². The van der Waals surface area contributed by atoms with E-state index in [4.69, 9.17) is 4.84 Å². The number of hydrogen-bond acceptors (Lipinski definition) is 5. The van der Waals surface area contributed by atoms with Crippen LogP contribution in [0.4, 0.5) is 5.69 Å². The van der Waals surface area contributed by atoms with E-state index in [1.54, 1.807) is 30.8 Å². The maximum Gasteiger partial charge on any atom is 0.269 e. The van der Waals surface area contributed by atoms with Gasteiger partial charge in [-0.2, -0.15) is 0 Å². The Morgan fingerprint density at radius 2 is 2.33 bits per heavy atom. The highest BCUT2D eigenvalue weighted by atomic mass is 32.2. The number of rotatable bonds is 5. The summed E-state index contributed by atoms with van der Waals surface area (Å²) in [4.78, 5) is 15.0. The topological polar surface area (TPSA) is 55.6 Å². The first kappa shape index (κ1) is 12.0. The second kappa shape index (κ2) is 5.69. The standard InChI is InChI=1S/C9H12N2O3S/c1-10(14-2)15-7-8-4-3-5-9(6-8)11(12)13/h3-6H,7H2,1-2H3. The van der Waals surface area contributed by atoms with E-state index in [-0.39, 0.29) is 5.69 Å². The van der Waals surface area contributed by atoms with Crippen LogP contribution in [0.1, 0.15) is 5.56 Å². The molecule has 0 fully saturated rings. The molecule has 0 aromatic heterocycles. The first-order valence-electron chi connectivity index (χ1n) is 4.27. The van der Waals surface area contributed by atoms with Crippen molar-refractivity contribution in [2.45, 2.75) is 5.75 Å². The number of hydroxylamine groups is 1. The lowest BCUT2D eigenvalue weighted by molar-refractivity contribution is -0.384. The van der Waals surface area contributed by atoms with Gasteiger partial charge in [-0.05, 0) is 17.5 Å². The van der Waals surface area contributed by atoms with Gasteiger partial charge in [0.1, 0.15) is 0 Å². The van der Waals surface area contributed by atoms with Gasteiger partial charge in [-0.3, -0.25) is 15.0 Å². The third kappa shape index (κ3) is 3.86. The van der Waals surface area contributed by atoms with Crippen molar-refractivity contribution in [2.75, 3.05) is 14.2 Å². The molecule has 0 aliphatic heterocycles. The molecule has 0 saturated heterocycles. The zero-order valence-corrected chi connectivity index (χ0v) is 9.36. The van der Waals surface area contributed by atoms with Crippen LogP contribution in [0, 0.1) is 10.1 Å². The third-order valence-electron chi connectivity index (χ3n) is 1.79. The zero-order chi connectivity index (χ0) is 11.3. The molecule has 6 heteroatoms. The lowest BCUT2D eigenvalue weighted by Gasteiger charge is -2.11. The molecule has 0 heterocycles. The van der Waals surface area contributed by atoms with E-state index >= 15 is 0 Å². The molecule has 15 heavy (non-hydrogen) atoms. The highest BCUT2D eigenvalue weighted by molar-refractivity contribution is 7.96. The quantitative estimate of drug-likeness (QED) is 0.439. The lowest BCUT2D eigenvalue weighted by Crippen LogP contribution is -2.06. The Hall–Kier alpha value is -1.11. The molecule has 1 rings (SSSR count). The van der Waals surface area contributed by atoms with Gasteiger partial charge < -0.3 is 0 Å². The van der Waals surface area contributed by atoms with Crippen molar-refractivity contribution in [3.05, 3.63) is 39.9 Å². The third-order valence-corrected chi connectivity index (χ3v) is 2.77. The van der Waals surface area contributed by atoms with Gasteiger partial charge in [0, 0.05) is 24.9 Å². The maximum atomic E-state index is 10.5. The molecule has 0 bridgehead atoms. The first-order valence-corrected chi connectivity index (χ1v) is 5.22. The molecule has 0 spiro atoms. The van der Waals surface area contributed by atoms with E-state index in [0.29, 0.717) is 5.75 Å². The summed E-state index contributed by atoms with van der Waals surface area (Å²) in [6.45, 7) is 0. The summed E-state index contributed by atoms with van der Waals surface area (Å²) in [5.74, 6) is 0.645. The summed E-state index contributed by atoms with van der Waals surface area (Å²) < 4.78 is 1.60. The van der Waals surface area contributed by atoms with Gasteiger partial charge in [0.15, 0.2) is 0 Å². The Morgan fingerprint density at radius 1 is 1.60 bits per heavy atom. The van der Waals surface area contributed by atoms with Crippen LogP contribution in [0.15, 0.2) is 24.3 Å². The number of nitrogens with zero attached hydrogens (tertiary/aromatic N) is 2. The normalized spacial score (nSPS) is 10.6. The average Bonchev–Trinajstić information content (AvgIpc) is 2.26. The Morgan fingerprint density at radius 3 is 2.93 bits per heavy atom. The van der Waals surface area contributed by atoms with E-state index in [2.05, 4.69) is 0 Å². The molecule has 0 amide bonds. The monoisotopic (exact) mass is 228 g/mol. The predicted octanol–water partition coefficient (Wildman–Crippen LogP) is 2.24. The second-order valence-corrected chi connectivity index (χ2v) is 3.88. The van der Waals surface area contributed by atoms with Crippen molar-refractivity contribution in [1.82, 2.24) is 4.47 Å². The van der Waals surface area contributed by atoms with Gasteiger partial charge in [0.25, 0.3) is 5.69 Å². The van der Waals surface area contributed by atoms with E-state index in [9.17, 15) is 10.1 Å². The molecular weight excluding hydrogens is 216 g/mol. The van der Waals surface area contributed by atoms with Crippen molar-refractivity contribution in [1.29, 1.82) is 0 Å². The Balaban J connectivity index is 2.62. The van der Waals surface area contributed by atoms with Crippen LogP contribution in [0.3, 0.4) is 0 Å². The highest BCUT2D eigenvalue weighted by Gasteiger charge is 2.06. The molecule has 1 aromatic rings. The van der Waals surface area contributed by atoms with Crippen molar-refractivity contribution in [3.8, 4) is 0 Å². The van der Waals surface area contributed by atoms with Crippen LogP contribution >= 0.6 is 11.9 Å². The molecule has 0 aliphatic carbocycles. The van der Waals surface area contributed by atoms with Crippen LogP contribution in [-0.2, 0) is 10.6 Å². The number of nitro benzene ring substituents is 1. The zero-order valence-electron chi connectivity index (χ0n) is 8.54. The van der Waals surface area contributed by atoms with Crippen molar-refractivity contribution < 1.29 is 9.76 Å². The summed E-state index contributed by atoms with van der Waals surface area (Å²) in [5, 5.41) is 10.5. The minimum atomic E-state index is -0.395. The number of benzene rings is 1. The van der Waals surface area contributed by atoms with Crippen molar-refractivity contribution >= 4 is 17.6 Å². The predicted molar refractivity (Wildman–Crippen MR) is 59.2 cm³/mol. The molecule has 1 aromatic carbocycles. The van der Waals surface area contributed by atoms with Gasteiger partial charge in [-0.15, -0.1) is 4.47 Å². The summed E-state index contributed by atoms with van der Waals surface area (Å²) in [6, 6.07) is 6.58. The van der Waals surface area contributed by atoms with Gasteiger partial charge >= 0.3 is 0 Å². The average molecular weight is 228 g/mol. The van der Waals surface area contributed by atoms with Crippen LogP contribution in [0.25, 0.3) is 0 Å². The Bertz CT molecular complexity index is 346. The number of non-ortho nitro benzene ring substituents is 1. The summed E-state index contributed by atoms with van der Waals surface area (Å²) in [7, 11) is 3.35. The van der Waals surface area contributed by atoms with Gasteiger partial charge in [-0.1, -0.05) is 12.1 Å². The van der Waals surface area contributed by atoms with Crippen LogP contribution < -0.4 is 0 Å². The molecule has 0 saturated carbocycles. The van der Waals surface area contributed by atoms with Crippen LogP contribution in [0.2, 0.25) is 0 Å². The first-order chi connectivity index (χ1) is 7.13. The molecule has 0 N–H and O–H groups in total. The minimum absolute atomic E-state index is 0.119. The molecule has 0 radical (unpaired) electrons. The van der Waals surface area contributed by atoms with E-state index in [1.807, 2.05) is 6.07 Å². The number of nitro groups is 1. The molecule has 0 atom stereocenters. The summed E-state index contributed by atoms with van der Waals surface area (Å²) >= 11 is 1.44. The van der Waals surface area contributed by atoms with Crippen LogP contribution in [-0.4, -0.2) is 23.5 Å². The van der Waals surface area contributed by atoms with Gasteiger partial charge in [-0.25, -0.2) is 0 Å². The van der Waals surface area contributed by atoms with E-state index < -0.39 is 4.92 Å². The fraction of sp³-hybridized carbons (Fsp3) is 0.333. The smallest absolute Gasteiger partial charge is 0.269 e. The molecule has 82 valence electrons. The molecule has 0 unspecified atom stereocenters. The van der Waals surface area contributed by atoms with Gasteiger partial charge in [0.05, 0.1) is 12.0 Å². The minimum Gasteiger partial charge on any atom is -0.292 e. The Labute approximate surface area is 92.3 Å². The fourth-order valence-corrected chi connectivity index (χ4v) is 1.59. The number of hydrogen-bond donors (Lipinski definition) is 0. The SMILES string of the molecule is CON(C)SCc1cccc([N+](=O)[O-])c1. The summed E-state index contributed by atoms with van der Waals surface area (Å²) in [5.41, 5.74) is 1.02. The largest absolute Gasteiger partial charge is 0.292 e. The molecule has 5 nitrogen and oxygen atoms in total. The second-order valence-electron chi connectivity index (χ2n) is 2.82. The molecule has 0 aliphatic rings. The maximum absolute atomic E-state index is 10.5. The molecular formula is C9H12N2O3S. The lowest BCUT2D eigenvalue weighted by atomic mass is 10.2. The van der Waals surface area contributed by atoms with E-state index in [0.717, 1.165) is 5.56 Å². The van der Waals surface area contributed by atoms with E-state index in [1.165, 1.54) is 18.0 Å². The van der Waals surface area contributed by atoms with Gasteiger partial charge in [0.2, 0.25) is 0 Å². The summed E-state index contributed by atoms with van der Waals surface area (Å²) in [6.07, 6.45) is 0. The Kier molecular flexibility index (Phi) is 4.54. The van der Waals surface area contributed by atoms with Crippen molar-refractivity contribution in [2.24, 2.45) is 0 Å².